The van der Waals surface area contributed by atoms with Gasteiger partial charge in [0.2, 0.25) is 0 Å². The van der Waals surface area contributed by atoms with Gasteiger partial charge in [0, 0.05) is 37.4 Å². The van der Waals surface area contributed by atoms with E-state index in [1.165, 1.54) is 31.6 Å². The fourth-order valence-corrected chi connectivity index (χ4v) is 2.15. The van der Waals surface area contributed by atoms with Crippen molar-refractivity contribution in [3.63, 3.8) is 0 Å². The third-order valence-electron chi connectivity index (χ3n) is 3.15. The van der Waals surface area contributed by atoms with E-state index < -0.39 is 0 Å². The second-order valence-electron chi connectivity index (χ2n) is 4.20. The maximum Gasteiger partial charge on any atom is 0.0472 e. The van der Waals surface area contributed by atoms with Crippen molar-refractivity contribution >= 4 is 0 Å². The normalized spacial score (nSPS) is 26.9. The first-order valence-corrected chi connectivity index (χ1v) is 4.70. The molecule has 0 aromatic rings. The van der Waals surface area contributed by atoms with E-state index in [4.69, 9.17) is 4.74 Å². The highest BCUT2D eigenvalue weighted by Crippen LogP contribution is 2.40. The van der Waals surface area contributed by atoms with E-state index >= 15 is 0 Å². The molecule has 0 aliphatic carbocycles. The molecule has 0 N–H and O–H groups in total. The molecule has 2 saturated heterocycles. The molecule has 0 aromatic carbocycles. The topological polar surface area (TPSA) is 12.5 Å². The highest BCUT2D eigenvalue weighted by molar-refractivity contribution is 5.04. The maximum atomic E-state index is 5.36. The predicted octanol–water partition coefficient (Wildman–Crippen LogP) is 1.63. The summed E-state index contributed by atoms with van der Waals surface area (Å²) in [5.41, 5.74) is 1.81. The van der Waals surface area contributed by atoms with Gasteiger partial charge in [0.25, 0.3) is 0 Å². The molecule has 2 aliphatic rings. The molecule has 2 rings (SSSR count). The van der Waals surface area contributed by atoms with Gasteiger partial charge in [0.15, 0.2) is 0 Å². The van der Waals surface area contributed by atoms with Crippen LogP contribution in [-0.4, -0.2) is 31.2 Å². The first-order chi connectivity index (χ1) is 5.72. The molecule has 0 radical (unpaired) electrons. The summed E-state index contributed by atoms with van der Waals surface area (Å²) in [6.45, 7) is 10.4. The fraction of sp³-hybridized carbons (Fsp3) is 0.800. The lowest BCUT2D eigenvalue weighted by Crippen LogP contribution is -2.57. The summed E-state index contributed by atoms with van der Waals surface area (Å²) in [4.78, 5) is 2.37. The average molecular weight is 167 g/mol. The molecule has 1 spiro atoms. The molecule has 2 fully saturated rings. The first-order valence-electron chi connectivity index (χ1n) is 4.70. The van der Waals surface area contributed by atoms with Crippen LogP contribution in [0.3, 0.4) is 0 Å². The number of likely N-dealkylation sites (tertiary alicyclic amines) is 1. The first kappa shape index (κ1) is 8.11. The number of hydrogen-bond acceptors (Lipinski definition) is 2. The number of nitrogens with zero attached hydrogens (tertiary/aromatic N) is 1. The fourth-order valence-electron chi connectivity index (χ4n) is 2.15. The minimum Gasteiger partial charge on any atom is -0.381 e. The van der Waals surface area contributed by atoms with E-state index in [0.29, 0.717) is 5.41 Å². The quantitative estimate of drug-likeness (QED) is 0.588. The average Bonchev–Trinajstić information content (AvgIpc) is 2.01. The summed E-state index contributed by atoms with van der Waals surface area (Å²) in [5.74, 6) is 0. The van der Waals surface area contributed by atoms with Crippen LogP contribution in [-0.2, 0) is 4.74 Å². The Balaban J connectivity index is 1.88. The number of allylic oxidation sites excluding steroid dienone is 1. The van der Waals surface area contributed by atoms with E-state index in [-0.39, 0.29) is 0 Å². The van der Waals surface area contributed by atoms with Crippen molar-refractivity contribution in [3.8, 4) is 0 Å². The summed E-state index contributed by atoms with van der Waals surface area (Å²) >= 11 is 0. The van der Waals surface area contributed by atoms with Gasteiger partial charge in [-0.25, -0.2) is 0 Å². The van der Waals surface area contributed by atoms with E-state index in [1.807, 2.05) is 0 Å². The molecule has 12 heavy (non-hydrogen) atoms. The van der Waals surface area contributed by atoms with E-state index in [0.717, 1.165) is 13.2 Å². The van der Waals surface area contributed by atoms with Crippen LogP contribution in [0.5, 0.6) is 0 Å². The van der Waals surface area contributed by atoms with Crippen LogP contribution in [0.25, 0.3) is 0 Å². The van der Waals surface area contributed by atoms with Gasteiger partial charge in [-0.1, -0.05) is 6.58 Å². The largest absolute Gasteiger partial charge is 0.381 e. The van der Waals surface area contributed by atoms with Crippen LogP contribution in [0.2, 0.25) is 0 Å². The van der Waals surface area contributed by atoms with Gasteiger partial charge in [-0.05, 0) is 19.8 Å². The summed E-state index contributed by atoms with van der Waals surface area (Å²) in [7, 11) is 0. The van der Waals surface area contributed by atoms with Crippen molar-refractivity contribution in [2.24, 2.45) is 5.41 Å². The van der Waals surface area contributed by atoms with Gasteiger partial charge in [0.1, 0.15) is 0 Å². The second kappa shape index (κ2) is 2.77. The van der Waals surface area contributed by atoms with Crippen molar-refractivity contribution in [1.82, 2.24) is 4.90 Å². The number of rotatable bonds is 1. The second-order valence-corrected chi connectivity index (χ2v) is 4.20. The Morgan fingerprint density at radius 1 is 1.33 bits per heavy atom. The summed E-state index contributed by atoms with van der Waals surface area (Å²) in [6.07, 6.45) is 2.49. The van der Waals surface area contributed by atoms with E-state index in [9.17, 15) is 0 Å². The lowest BCUT2D eigenvalue weighted by atomic mass is 9.73. The molecule has 68 valence electrons. The summed E-state index contributed by atoms with van der Waals surface area (Å²) < 4.78 is 5.36. The minimum absolute atomic E-state index is 0.594. The molecular formula is C10H17NO. The van der Waals surface area contributed by atoms with Crippen LogP contribution < -0.4 is 0 Å². The van der Waals surface area contributed by atoms with Crippen molar-refractivity contribution in [2.45, 2.75) is 19.8 Å². The Kier molecular flexibility index (Phi) is 1.87. The zero-order valence-electron chi connectivity index (χ0n) is 7.81. The summed E-state index contributed by atoms with van der Waals surface area (Å²) in [5, 5.41) is 0. The molecule has 0 unspecified atom stereocenters. The highest BCUT2D eigenvalue weighted by Gasteiger charge is 2.43. The van der Waals surface area contributed by atoms with E-state index in [1.54, 1.807) is 0 Å². The Morgan fingerprint density at radius 3 is 2.42 bits per heavy atom. The van der Waals surface area contributed by atoms with E-state index in [2.05, 4.69) is 18.4 Å². The van der Waals surface area contributed by atoms with Crippen LogP contribution in [0, 0.1) is 5.41 Å². The molecule has 0 atom stereocenters. The van der Waals surface area contributed by atoms with Crippen molar-refractivity contribution in [2.75, 3.05) is 26.3 Å². The molecule has 0 saturated carbocycles. The Morgan fingerprint density at radius 2 is 1.92 bits per heavy atom. The molecule has 0 bridgehead atoms. The minimum atomic E-state index is 0.594. The standard InChI is InChI=1S/C10H17NO/c1-9(2)11-7-10(8-11)3-5-12-6-4-10/h1,3-8H2,2H3. The molecule has 2 heteroatoms. The van der Waals surface area contributed by atoms with Crippen molar-refractivity contribution in [1.29, 1.82) is 0 Å². The van der Waals surface area contributed by atoms with Crippen molar-refractivity contribution in [3.05, 3.63) is 12.3 Å². The highest BCUT2D eigenvalue weighted by atomic mass is 16.5. The zero-order valence-corrected chi connectivity index (χ0v) is 7.81. The molecular weight excluding hydrogens is 150 g/mol. The van der Waals surface area contributed by atoms with Gasteiger partial charge in [-0.2, -0.15) is 0 Å². The van der Waals surface area contributed by atoms with Gasteiger partial charge in [-0.15, -0.1) is 0 Å². The van der Waals surface area contributed by atoms with Gasteiger partial charge >= 0.3 is 0 Å². The number of hydrogen-bond donors (Lipinski definition) is 0. The van der Waals surface area contributed by atoms with Crippen LogP contribution in [0.4, 0.5) is 0 Å². The lowest BCUT2D eigenvalue weighted by molar-refractivity contribution is -0.0660. The lowest BCUT2D eigenvalue weighted by Gasteiger charge is -2.53. The number of ether oxygens (including phenoxy) is 1. The Hall–Kier alpha value is -0.500. The molecule has 2 heterocycles. The van der Waals surface area contributed by atoms with Crippen LogP contribution in [0.15, 0.2) is 12.3 Å². The van der Waals surface area contributed by atoms with Crippen LogP contribution in [0.1, 0.15) is 19.8 Å². The van der Waals surface area contributed by atoms with Gasteiger partial charge < -0.3 is 9.64 Å². The van der Waals surface area contributed by atoms with Gasteiger partial charge in [0.05, 0.1) is 0 Å². The van der Waals surface area contributed by atoms with Crippen molar-refractivity contribution < 1.29 is 4.74 Å². The Bertz CT molecular complexity index is 186. The zero-order chi connectivity index (χ0) is 8.60. The third kappa shape index (κ3) is 1.24. The molecule has 2 nitrogen and oxygen atoms in total. The van der Waals surface area contributed by atoms with Gasteiger partial charge in [-0.3, -0.25) is 0 Å². The Labute approximate surface area is 74.2 Å². The predicted molar refractivity (Wildman–Crippen MR) is 48.9 cm³/mol. The SMILES string of the molecule is C=C(C)N1CC2(CCOCC2)C1. The summed E-state index contributed by atoms with van der Waals surface area (Å²) in [6, 6.07) is 0. The molecule has 0 aromatic heterocycles. The van der Waals surface area contributed by atoms with Crippen LogP contribution >= 0.6 is 0 Å². The monoisotopic (exact) mass is 167 g/mol. The maximum absolute atomic E-state index is 5.36. The third-order valence-corrected chi connectivity index (χ3v) is 3.15. The molecule has 0 amide bonds. The smallest absolute Gasteiger partial charge is 0.0472 e. The molecule has 2 aliphatic heterocycles.